The molecule has 0 aliphatic heterocycles. The molecule has 0 bridgehead atoms. The Hall–Kier alpha value is -6.90. The van der Waals surface area contributed by atoms with E-state index in [1.807, 2.05) is 0 Å². The molecule has 0 N–H and O–H groups in total. The maximum atomic E-state index is 2.52. The zero-order valence-electron chi connectivity index (χ0n) is 29.9. The van der Waals surface area contributed by atoms with Crippen molar-refractivity contribution < 1.29 is 0 Å². The molecular weight excluding hydrogens is 653 g/mol. The minimum absolute atomic E-state index is 0.186. The molecule has 2 nitrogen and oxygen atoms in total. The Labute approximate surface area is 316 Å². The van der Waals surface area contributed by atoms with Gasteiger partial charge in [-0.1, -0.05) is 164 Å². The Balaban J connectivity index is 1.02. The highest BCUT2D eigenvalue weighted by Gasteiger charge is 2.24. The number of nitrogens with zero attached hydrogens (tertiary/aromatic N) is 2. The third-order valence-electron chi connectivity index (χ3n) is 10.9. The van der Waals surface area contributed by atoms with Crippen LogP contribution in [0.15, 0.2) is 206 Å². The quantitative estimate of drug-likeness (QED) is 0.164. The third-order valence-corrected chi connectivity index (χ3v) is 10.9. The lowest BCUT2D eigenvalue weighted by Crippen LogP contribution is -2.33. The van der Waals surface area contributed by atoms with E-state index in [4.69, 9.17) is 0 Å². The number of hydrogen-bond donors (Lipinski definition) is 0. The van der Waals surface area contributed by atoms with E-state index in [1.54, 1.807) is 0 Å². The van der Waals surface area contributed by atoms with Gasteiger partial charge in [0.15, 0.2) is 0 Å². The predicted molar refractivity (Wildman–Crippen MR) is 231 cm³/mol. The summed E-state index contributed by atoms with van der Waals surface area (Å²) < 4.78 is 0. The van der Waals surface area contributed by atoms with Crippen molar-refractivity contribution in [2.24, 2.45) is 0 Å². The Morgan fingerprint density at radius 1 is 0.389 bits per heavy atom. The van der Waals surface area contributed by atoms with E-state index in [1.165, 1.54) is 65.9 Å². The highest BCUT2D eigenvalue weighted by molar-refractivity contribution is 6.00. The second-order valence-electron chi connectivity index (χ2n) is 14.2. The maximum Gasteiger partial charge on any atom is 0.0566 e. The Morgan fingerprint density at radius 3 is 1.65 bits per heavy atom. The molecule has 1 atom stereocenters. The highest BCUT2D eigenvalue weighted by atomic mass is 15.2. The van der Waals surface area contributed by atoms with Crippen molar-refractivity contribution in [3.63, 3.8) is 0 Å². The van der Waals surface area contributed by atoms with Crippen molar-refractivity contribution in [2.75, 3.05) is 9.80 Å². The first kappa shape index (κ1) is 31.8. The Morgan fingerprint density at radius 2 is 0.926 bits per heavy atom. The number of benzene rings is 9. The fourth-order valence-corrected chi connectivity index (χ4v) is 8.26. The second-order valence-corrected chi connectivity index (χ2v) is 14.2. The predicted octanol–water partition coefficient (Wildman–Crippen LogP) is 14.1. The molecule has 54 heavy (non-hydrogen) atoms. The van der Waals surface area contributed by atoms with Gasteiger partial charge in [0.1, 0.15) is 0 Å². The normalized spacial score (nSPS) is 13.6. The zero-order chi connectivity index (χ0) is 35.8. The molecule has 2 heteroatoms. The van der Waals surface area contributed by atoms with Crippen molar-refractivity contribution in [3.8, 4) is 11.1 Å². The van der Waals surface area contributed by atoms with Crippen molar-refractivity contribution in [1.29, 1.82) is 0 Å². The van der Waals surface area contributed by atoms with E-state index in [-0.39, 0.29) is 6.04 Å². The van der Waals surface area contributed by atoms with Crippen LogP contribution >= 0.6 is 0 Å². The fourth-order valence-electron chi connectivity index (χ4n) is 8.26. The molecule has 10 rings (SSSR count). The van der Waals surface area contributed by atoms with Crippen LogP contribution in [0.5, 0.6) is 0 Å². The van der Waals surface area contributed by atoms with Gasteiger partial charge in [0.05, 0.1) is 11.7 Å². The summed E-state index contributed by atoms with van der Waals surface area (Å²) in [4.78, 5) is 4.91. The molecule has 0 aromatic heterocycles. The topological polar surface area (TPSA) is 6.48 Å². The number of rotatable bonds is 7. The molecule has 1 aliphatic carbocycles. The van der Waals surface area contributed by atoms with Gasteiger partial charge in [0.2, 0.25) is 0 Å². The van der Waals surface area contributed by atoms with Gasteiger partial charge in [-0.2, -0.15) is 0 Å². The smallest absolute Gasteiger partial charge is 0.0566 e. The molecule has 9 aromatic rings. The molecule has 1 unspecified atom stereocenters. The molecule has 0 fully saturated rings. The van der Waals surface area contributed by atoms with E-state index < -0.39 is 0 Å². The standard InChI is InChI=1S/C52H38N2/c1-3-15-43-35-47(33-27-37(43)11-1)53(51-21-9-17-41-13-5-7-19-49(41)51)45-29-23-39(24-30-45)40-25-31-46(32-26-40)54(48-34-28-38-12-2-4-16-44(38)36-48)52-22-10-18-42-14-6-8-20-50(42)52/h1-35,48H,36H2. The van der Waals surface area contributed by atoms with Crippen molar-refractivity contribution >= 4 is 66.8 Å². The Kier molecular flexibility index (Phi) is 8.00. The second kappa shape index (κ2) is 13.6. The SMILES string of the molecule is C1=CC(N(c2ccc(-c3ccc(N(c4ccc5ccccc5c4)c4cccc5ccccc45)cc3)cc2)c2cccc3ccccc23)Cc2ccccc21. The van der Waals surface area contributed by atoms with Crippen LogP contribution in [0.1, 0.15) is 11.1 Å². The van der Waals surface area contributed by atoms with Crippen LogP contribution in [0.4, 0.5) is 28.4 Å². The Bertz CT molecular complexity index is 2800. The summed E-state index contributed by atoms with van der Waals surface area (Å²) in [7, 11) is 0. The molecule has 0 heterocycles. The van der Waals surface area contributed by atoms with Crippen LogP contribution in [0.3, 0.4) is 0 Å². The van der Waals surface area contributed by atoms with Crippen molar-refractivity contribution in [2.45, 2.75) is 12.5 Å². The van der Waals surface area contributed by atoms with Crippen LogP contribution in [-0.2, 0) is 6.42 Å². The average Bonchev–Trinajstić information content (AvgIpc) is 3.24. The zero-order valence-corrected chi connectivity index (χ0v) is 29.9. The van der Waals surface area contributed by atoms with Gasteiger partial charge >= 0.3 is 0 Å². The van der Waals surface area contributed by atoms with E-state index in [2.05, 4.69) is 222 Å². The molecular formula is C52H38N2. The minimum Gasteiger partial charge on any atom is -0.334 e. The molecule has 0 saturated heterocycles. The van der Waals surface area contributed by atoms with Crippen LogP contribution in [0, 0.1) is 0 Å². The van der Waals surface area contributed by atoms with Gasteiger partial charge in [0, 0.05) is 33.5 Å². The fraction of sp³-hybridized carbons (Fsp3) is 0.0385. The molecule has 0 spiro atoms. The average molecular weight is 691 g/mol. The summed E-state index contributed by atoms with van der Waals surface area (Å²) >= 11 is 0. The third kappa shape index (κ3) is 5.79. The molecule has 0 amide bonds. The summed E-state index contributed by atoms with van der Waals surface area (Å²) in [5.41, 5.74) is 10.9. The summed E-state index contributed by atoms with van der Waals surface area (Å²) in [5, 5.41) is 7.42. The molecule has 256 valence electrons. The summed E-state index contributed by atoms with van der Waals surface area (Å²) in [6.07, 6.45) is 5.61. The van der Waals surface area contributed by atoms with E-state index in [0.29, 0.717) is 0 Å². The minimum atomic E-state index is 0.186. The van der Waals surface area contributed by atoms with Crippen molar-refractivity contribution in [1.82, 2.24) is 0 Å². The van der Waals surface area contributed by atoms with Crippen LogP contribution in [-0.4, -0.2) is 6.04 Å². The van der Waals surface area contributed by atoms with Crippen LogP contribution in [0.25, 0.3) is 49.5 Å². The number of fused-ring (bicyclic) bond motifs is 4. The highest BCUT2D eigenvalue weighted by Crippen LogP contribution is 2.42. The monoisotopic (exact) mass is 690 g/mol. The van der Waals surface area contributed by atoms with E-state index >= 15 is 0 Å². The first-order valence-electron chi connectivity index (χ1n) is 18.8. The molecule has 9 aromatic carbocycles. The summed E-state index contributed by atoms with van der Waals surface area (Å²) in [6.45, 7) is 0. The first-order chi connectivity index (χ1) is 26.8. The van der Waals surface area contributed by atoms with Gasteiger partial charge in [-0.25, -0.2) is 0 Å². The maximum absolute atomic E-state index is 2.52. The van der Waals surface area contributed by atoms with Gasteiger partial charge in [-0.05, 0) is 98.8 Å². The largest absolute Gasteiger partial charge is 0.334 e. The lowest BCUT2D eigenvalue weighted by atomic mass is 9.92. The van der Waals surface area contributed by atoms with Gasteiger partial charge in [-0.3, -0.25) is 0 Å². The summed E-state index contributed by atoms with van der Waals surface area (Å²) in [5.74, 6) is 0. The van der Waals surface area contributed by atoms with Gasteiger partial charge in [0.25, 0.3) is 0 Å². The van der Waals surface area contributed by atoms with E-state index in [0.717, 1.165) is 23.5 Å². The first-order valence-corrected chi connectivity index (χ1v) is 18.8. The van der Waals surface area contributed by atoms with Gasteiger partial charge < -0.3 is 9.80 Å². The molecule has 1 aliphatic rings. The summed E-state index contributed by atoms with van der Waals surface area (Å²) in [6, 6.07) is 73.0. The lowest BCUT2D eigenvalue weighted by Gasteiger charge is -2.35. The van der Waals surface area contributed by atoms with Crippen LogP contribution < -0.4 is 9.80 Å². The van der Waals surface area contributed by atoms with Gasteiger partial charge in [-0.15, -0.1) is 0 Å². The molecule has 0 radical (unpaired) electrons. The van der Waals surface area contributed by atoms with Crippen molar-refractivity contribution in [3.05, 3.63) is 217 Å². The van der Waals surface area contributed by atoms with Crippen LogP contribution in [0.2, 0.25) is 0 Å². The van der Waals surface area contributed by atoms with E-state index in [9.17, 15) is 0 Å². The lowest BCUT2D eigenvalue weighted by molar-refractivity contribution is 0.769. The molecule has 0 saturated carbocycles. The number of anilines is 5. The number of hydrogen-bond acceptors (Lipinski definition) is 2.